The maximum atomic E-state index is 12.9. The number of aromatic nitrogens is 2. The lowest BCUT2D eigenvalue weighted by atomic mass is 10.2. The van der Waals surface area contributed by atoms with E-state index in [9.17, 15) is 4.79 Å². The molecule has 0 radical (unpaired) electrons. The van der Waals surface area contributed by atoms with Crippen LogP contribution in [0, 0.1) is 0 Å². The predicted octanol–water partition coefficient (Wildman–Crippen LogP) is 4.17. The van der Waals surface area contributed by atoms with E-state index < -0.39 is 0 Å². The summed E-state index contributed by atoms with van der Waals surface area (Å²) in [5.41, 5.74) is 1.37. The van der Waals surface area contributed by atoms with Crippen LogP contribution in [-0.4, -0.2) is 23.0 Å². The molecule has 0 amide bonds. The predicted molar refractivity (Wildman–Crippen MR) is 104 cm³/mol. The van der Waals surface area contributed by atoms with E-state index in [0.717, 1.165) is 15.8 Å². The summed E-state index contributed by atoms with van der Waals surface area (Å²) >= 11 is 3.40. The number of fused-ring (bicyclic) bond motifs is 1. The summed E-state index contributed by atoms with van der Waals surface area (Å²) in [7, 11) is 1.62. The monoisotopic (exact) mass is 399 g/mol. The molecule has 0 aliphatic rings. The lowest BCUT2D eigenvalue weighted by Gasteiger charge is -2.11. The Balaban J connectivity index is 2.12. The van der Waals surface area contributed by atoms with Gasteiger partial charge in [0.1, 0.15) is 11.6 Å². The molecule has 0 saturated heterocycles. The molecule has 0 spiro atoms. The second kappa shape index (κ2) is 7.19. The van der Waals surface area contributed by atoms with Gasteiger partial charge in [0, 0.05) is 10.4 Å². The third kappa shape index (κ3) is 3.64. The zero-order chi connectivity index (χ0) is 18.0. The van der Waals surface area contributed by atoms with Crippen LogP contribution >= 0.6 is 15.9 Å². The quantitative estimate of drug-likeness (QED) is 0.618. The SMILES string of the molecule is COc1ccc(C=Nn2c(C(C)C)nc3ccc(Br)cc3c2=O)cc1. The minimum atomic E-state index is -0.181. The van der Waals surface area contributed by atoms with Crippen LogP contribution in [0.4, 0.5) is 0 Å². The third-order valence-electron chi connectivity index (χ3n) is 3.79. The average Bonchev–Trinajstić information content (AvgIpc) is 2.61. The van der Waals surface area contributed by atoms with Gasteiger partial charge in [0.2, 0.25) is 0 Å². The smallest absolute Gasteiger partial charge is 0.282 e. The molecular weight excluding hydrogens is 382 g/mol. The number of ether oxygens (including phenoxy) is 1. The first-order valence-electron chi connectivity index (χ1n) is 7.90. The van der Waals surface area contributed by atoms with E-state index in [2.05, 4.69) is 26.0 Å². The summed E-state index contributed by atoms with van der Waals surface area (Å²) in [6, 6.07) is 13.0. The van der Waals surface area contributed by atoms with Crippen molar-refractivity contribution >= 4 is 33.0 Å². The van der Waals surface area contributed by atoms with Gasteiger partial charge in [-0.25, -0.2) is 4.98 Å². The standard InChI is InChI=1S/C19H18BrN3O2/c1-12(2)18-22-17-9-6-14(20)10-16(17)19(24)23(18)21-11-13-4-7-15(25-3)8-5-13/h4-12H,1-3H3. The van der Waals surface area contributed by atoms with Crippen molar-refractivity contribution in [3.8, 4) is 5.75 Å². The van der Waals surface area contributed by atoms with Crippen LogP contribution in [0.25, 0.3) is 10.9 Å². The Morgan fingerprint density at radius 3 is 2.56 bits per heavy atom. The number of halogens is 1. The van der Waals surface area contributed by atoms with Crippen molar-refractivity contribution in [3.63, 3.8) is 0 Å². The molecule has 25 heavy (non-hydrogen) atoms. The highest BCUT2D eigenvalue weighted by molar-refractivity contribution is 9.10. The van der Waals surface area contributed by atoms with E-state index in [1.807, 2.05) is 50.2 Å². The van der Waals surface area contributed by atoms with E-state index in [1.54, 1.807) is 19.4 Å². The zero-order valence-electron chi connectivity index (χ0n) is 14.2. The van der Waals surface area contributed by atoms with Gasteiger partial charge in [-0.05, 0) is 48.0 Å². The highest BCUT2D eigenvalue weighted by Gasteiger charge is 2.13. The molecule has 0 N–H and O–H groups in total. The third-order valence-corrected chi connectivity index (χ3v) is 4.28. The van der Waals surface area contributed by atoms with Crippen molar-refractivity contribution in [2.45, 2.75) is 19.8 Å². The molecule has 0 unspecified atom stereocenters. The van der Waals surface area contributed by atoms with Gasteiger partial charge in [0.25, 0.3) is 5.56 Å². The fourth-order valence-electron chi connectivity index (χ4n) is 2.47. The average molecular weight is 400 g/mol. The van der Waals surface area contributed by atoms with Gasteiger partial charge in [-0.3, -0.25) is 4.79 Å². The minimum Gasteiger partial charge on any atom is -0.497 e. The molecule has 0 aliphatic heterocycles. The topological polar surface area (TPSA) is 56.5 Å². The highest BCUT2D eigenvalue weighted by atomic mass is 79.9. The Morgan fingerprint density at radius 2 is 1.92 bits per heavy atom. The van der Waals surface area contributed by atoms with E-state index in [-0.39, 0.29) is 11.5 Å². The molecule has 3 aromatic rings. The molecular formula is C19H18BrN3O2. The Hall–Kier alpha value is -2.47. The summed E-state index contributed by atoms with van der Waals surface area (Å²) in [4.78, 5) is 17.5. The number of hydrogen-bond donors (Lipinski definition) is 0. The van der Waals surface area contributed by atoms with Gasteiger partial charge in [0.05, 0.1) is 24.2 Å². The van der Waals surface area contributed by atoms with E-state index in [0.29, 0.717) is 16.7 Å². The molecule has 2 aromatic carbocycles. The van der Waals surface area contributed by atoms with Crippen molar-refractivity contribution in [2.24, 2.45) is 5.10 Å². The van der Waals surface area contributed by atoms with Gasteiger partial charge < -0.3 is 4.74 Å². The molecule has 0 aliphatic carbocycles. The van der Waals surface area contributed by atoms with Gasteiger partial charge in [-0.2, -0.15) is 9.78 Å². The first kappa shape index (κ1) is 17.4. The maximum absolute atomic E-state index is 12.9. The van der Waals surface area contributed by atoms with Crippen LogP contribution in [0.15, 0.2) is 56.8 Å². The molecule has 128 valence electrons. The summed E-state index contributed by atoms with van der Waals surface area (Å²) in [5.74, 6) is 1.47. The molecule has 5 nitrogen and oxygen atoms in total. The number of benzene rings is 2. The molecule has 0 bridgehead atoms. The Kier molecular flexibility index (Phi) is 4.99. The molecule has 1 heterocycles. The second-order valence-electron chi connectivity index (χ2n) is 5.92. The van der Waals surface area contributed by atoms with E-state index in [1.165, 1.54) is 4.68 Å². The highest BCUT2D eigenvalue weighted by Crippen LogP contribution is 2.19. The van der Waals surface area contributed by atoms with Crippen LogP contribution < -0.4 is 10.3 Å². The summed E-state index contributed by atoms with van der Waals surface area (Å²) in [6.45, 7) is 3.98. The van der Waals surface area contributed by atoms with E-state index >= 15 is 0 Å². The number of nitrogens with zero attached hydrogens (tertiary/aromatic N) is 3. The van der Waals surface area contributed by atoms with Crippen LogP contribution in [0.3, 0.4) is 0 Å². The first-order chi connectivity index (χ1) is 12.0. The lowest BCUT2D eigenvalue weighted by Crippen LogP contribution is -2.23. The molecule has 0 atom stereocenters. The molecule has 6 heteroatoms. The van der Waals surface area contributed by atoms with Crippen LogP contribution in [0.1, 0.15) is 31.2 Å². The van der Waals surface area contributed by atoms with Crippen LogP contribution in [0.2, 0.25) is 0 Å². The minimum absolute atomic E-state index is 0.0637. The first-order valence-corrected chi connectivity index (χ1v) is 8.69. The number of methoxy groups -OCH3 is 1. The Labute approximate surface area is 154 Å². The van der Waals surface area contributed by atoms with Crippen molar-refractivity contribution in [1.82, 2.24) is 9.66 Å². The van der Waals surface area contributed by atoms with Gasteiger partial charge in [-0.15, -0.1) is 0 Å². The zero-order valence-corrected chi connectivity index (χ0v) is 15.8. The second-order valence-corrected chi connectivity index (χ2v) is 6.84. The van der Waals surface area contributed by atoms with E-state index in [4.69, 9.17) is 4.74 Å². The molecule has 0 saturated carbocycles. The molecule has 1 aromatic heterocycles. The van der Waals surface area contributed by atoms with Gasteiger partial charge in [-0.1, -0.05) is 29.8 Å². The van der Waals surface area contributed by atoms with Gasteiger partial charge in [0.15, 0.2) is 0 Å². The number of rotatable bonds is 4. The maximum Gasteiger partial charge on any atom is 0.282 e. The molecule has 0 fully saturated rings. The fraction of sp³-hybridized carbons (Fsp3) is 0.211. The molecule has 3 rings (SSSR count). The summed E-state index contributed by atoms with van der Waals surface area (Å²) in [5, 5.41) is 4.93. The number of hydrogen-bond acceptors (Lipinski definition) is 4. The van der Waals surface area contributed by atoms with Crippen molar-refractivity contribution in [1.29, 1.82) is 0 Å². The van der Waals surface area contributed by atoms with Crippen molar-refractivity contribution in [3.05, 3.63) is 68.7 Å². The van der Waals surface area contributed by atoms with Crippen molar-refractivity contribution in [2.75, 3.05) is 7.11 Å². The normalized spacial score (nSPS) is 11.6. The van der Waals surface area contributed by atoms with Crippen LogP contribution in [-0.2, 0) is 0 Å². The summed E-state index contributed by atoms with van der Waals surface area (Å²) in [6.07, 6.45) is 1.65. The fourth-order valence-corrected chi connectivity index (χ4v) is 2.83. The van der Waals surface area contributed by atoms with Gasteiger partial charge >= 0.3 is 0 Å². The summed E-state index contributed by atoms with van der Waals surface area (Å²) < 4.78 is 7.36. The van der Waals surface area contributed by atoms with Crippen LogP contribution in [0.5, 0.6) is 5.75 Å². The Morgan fingerprint density at radius 1 is 1.20 bits per heavy atom. The van der Waals surface area contributed by atoms with Crippen molar-refractivity contribution < 1.29 is 4.74 Å². The lowest BCUT2D eigenvalue weighted by molar-refractivity contribution is 0.415. The Bertz CT molecular complexity index is 992. The largest absolute Gasteiger partial charge is 0.497 e.